The molecular formula is C13H24O. The predicted octanol–water partition coefficient (Wildman–Crippen LogP) is 3.53. The second-order valence-electron chi connectivity index (χ2n) is 5.42. The number of aliphatic hydroxyl groups excluding tert-OH is 1. The van der Waals surface area contributed by atoms with Crippen LogP contribution < -0.4 is 0 Å². The summed E-state index contributed by atoms with van der Waals surface area (Å²) in [6.45, 7) is 10.3. The van der Waals surface area contributed by atoms with Crippen LogP contribution in [-0.4, -0.2) is 11.2 Å². The Kier molecular flexibility index (Phi) is 3.77. The van der Waals surface area contributed by atoms with Crippen molar-refractivity contribution in [3.8, 4) is 0 Å². The molecule has 1 rings (SSSR count). The van der Waals surface area contributed by atoms with E-state index in [0.29, 0.717) is 5.92 Å². The van der Waals surface area contributed by atoms with Crippen LogP contribution >= 0.6 is 0 Å². The van der Waals surface area contributed by atoms with Gasteiger partial charge in [0.15, 0.2) is 0 Å². The minimum atomic E-state index is -0.285. The van der Waals surface area contributed by atoms with Gasteiger partial charge in [-0.15, -0.1) is 0 Å². The number of hydrogen-bond acceptors (Lipinski definition) is 1. The molecule has 1 atom stereocenters. The molecule has 0 aliphatic heterocycles. The van der Waals surface area contributed by atoms with E-state index in [4.69, 9.17) is 0 Å². The van der Waals surface area contributed by atoms with E-state index in [1.165, 1.54) is 25.7 Å². The fourth-order valence-electron chi connectivity index (χ4n) is 3.00. The standard InChI is InChI=1S/C13H24O/c1-10(2)9-13(7-5-6-8-13)12(14)11(3)4/h10,12,14H,3,5-9H2,1-2,4H3. The summed E-state index contributed by atoms with van der Waals surface area (Å²) in [5, 5.41) is 10.2. The van der Waals surface area contributed by atoms with Gasteiger partial charge in [0.25, 0.3) is 0 Å². The highest BCUT2D eigenvalue weighted by Gasteiger charge is 2.40. The highest BCUT2D eigenvalue weighted by atomic mass is 16.3. The number of hydrogen-bond donors (Lipinski definition) is 1. The molecule has 0 saturated heterocycles. The van der Waals surface area contributed by atoms with Gasteiger partial charge in [-0.25, -0.2) is 0 Å². The molecule has 1 nitrogen and oxygen atoms in total. The summed E-state index contributed by atoms with van der Waals surface area (Å²) in [5.74, 6) is 0.669. The van der Waals surface area contributed by atoms with Crippen molar-refractivity contribution in [1.82, 2.24) is 0 Å². The van der Waals surface area contributed by atoms with Crippen LogP contribution in [0.1, 0.15) is 52.9 Å². The molecule has 1 aliphatic carbocycles. The lowest BCUT2D eigenvalue weighted by Gasteiger charge is -2.36. The van der Waals surface area contributed by atoms with Crippen molar-refractivity contribution in [2.45, 2.75) is 59.0 Å². The van der Waals surface area contributed by atoms with E-state index < -0.39 is 0 Å². The molecule has 1 aliphatic rings. The van der Waals surface area contributed by atoms with Crippen molar-refractivity contribution in [2.24, 2.45) is 11.3 Å². The number of aliphatic hydroxyl groups is 1. The summed E-state index contributed by atoms with van der Waals surface area (Å²) < 4.78 is 0. The van der Waals surface area contributed by atoms with E-state index >= 15 is 0 Å². The Morgan fingerprint density at radius 3 is 2.21 bits per heavy atom. The molecule has 0 bridgehead atoms. The van der Waals surface area contributed by atoms with Gasteiger partial charge in [-0.05, 0) is 32.1 Å². The summed E-state index contributed by atoms with van der Waals surface area (Å²) in [6, 6.07) is 0. The van der Waals surface area contributed by atoms with Gasteiger partial charge in [-0.1, -0.05) is 38.8 Å². The lowest BCUT2D eigenvalue weighted by molar-refractivity contribution is 0.0398. The van der Waals surface area contributed by atoms with Crippen LogP contribution in [0.4, 0.5) is 0 Å². The first-order chi connectivity index (χ1) is 6.48. The second kappa shape index (κ2) is 4.48. The smallest absolute Gasteiger partial charge is 0.0801 e. The van der Waals surface area contributed by atoms with Gasteiger partial charge in [0.2, 0.25) is 0 Å². The quantitative estimate of drug-likeness (QED) is 0.682. The van der Waals surface area contributed by atoms with Crippen LogP contribution in [-0.2, 0) is 0 Å². The zero-order valence-electron chi connectivity index (χ0n) is 9.84. The van der Waals surface area contributed by atoms with E-state index in [1.54, 1.807) is 0 Å². The zero-order valence-corrected chi connectivity index (χ0v) is 9.84. The van der Waals surface area contributed by atoms with Gasteiger partial charge < -0.3 is 5.11 Å². The lowest BCUT2D eigenvalue weighted by atomic mass is 9.72. The van der Waals surface area contributed by atoms with Crippen molar-refractivity contribution >= 4 is 0 Å². The highest BCUT2D eigenvalue weighted by Crippen LogP contribution is 2.47. The van der Waals surface area contributed by atoms with Crippen LogP contribution in [0.25, 0.3) is 0 Å². The maximum Gasteiger partial charge on any atom is 0.0801 e. The van der Waals surface area contributed by atoms with Crippen LogP contribution in [0.5, 0.6) is 0 Å². The van der Waals surface area contributed by atoms with Crippen LogP contribution in [0.15, 0.2) is 12.2 Å². The van der Waals surface area contributed by atoms with Crippen molar-refractivity contribution in [3.63, 3.8) is 0 Å². The van der Waals surface area contributed by atoms with E-state index in [1.807, 2.05) is 6.92 Å². The molecule has 0 aromatic rings. The first-order valence-corrected chi connectivity index (χ1v) is 5.81. The Morgan fingerprint density at radius 1 is 1.36 bits per heavy atom. The molecule has 0 radical (unpaired) electrons. The molecule has 0 amide bonds. The molecule has 0 heterocycles. The summed E-state index contributed by atoms with van der Waals surface area (Å²) in [7, 11) is 0. The van der Waals surface area contributed by atoms with Crippen molar-refractivity contribution in [1.29, 1.82) is 0 Å². The fraction of sp³-hybridized carbons (Fsp3) is 0.846. The van der Waals surface area contributed by atoms with Gasteiger partial charge in [-0.3, -0.25) is 0 Å². The monoisotopic (exact) mass is 196 g/mol. The Morgan fingerprint density at radius 2 is 1.86 bits per heavy atom. The SMILES string of the molecule is C=C(C)C(O)C1(CC(C)C)CCCC1. The maximum atomic E-state index is 10.2. The minimum absolute atomic E-state index is 0.153. The summed E-state index contributed by atoms with van der Waals surface area (Å²) in [4.78, 5) is 0. The predicted molar refractivity (Wildman–Crippen MR) is 61.2 cm³/mol. The minimum Gasteiger partial charge on any atom is -0.388 e. The van der Waals surface area contributed by atoms with Gasteiger partial charge in [-0.2, -0.15) is 0 Å². The topological polar surface area (TPSA) is 20.2 Å². The van der Waals surface area contributed by atoms with Crippen LogP contribution in [0.3, 0.4) is 0 Å². The highest BCUT2D eigenvalue weighted by molar-refractivity contribution is 5.07. The largest absolute Gasteiger partial charge is 0.388 e. The third kappa shape index (κ3) is 2.38. The molecule has 0 aromatic carbocycles. The molecule has 1 N–H and O–H groups in total. The average molecular weight is 196 g/mol. The molecule has 0 spiro atoms. The Balaban J connectivity index is 2.75. The van der Waals surface area contributed by atoms with E-state index in [9.17, 15) is 5.11 Å². The van der Waals surface area contributed by atoms with Crippen molar-refractivity contribution < 1.29 is 5.11 Å². The van der Waals surface area contributed by atoms with E-state index in [2.05, 4.69) is 20.4 Å². The molecule has 1 saturated carbocycles. The van der Waals surface area contributed by atoms with E-state index in [0.717, 1.165) is 12.0 Å². The molecule has 82 valence electrons. The fourth-order valence-corrected chi connectivity index (χ4v) is 3.00. The Bertz CT molecular complexity index is 199. The number of rotatable bonds is 4. The van der Waals surface area contributed by atoms with Crippen LogP contribution in [0, 0.1) is 11.3 Å². The summed E-state index contributed by atoms with van der Waals surface area (Å²) in [5.41, 5.74) is 1.09. The van der Waals surface area contributed by atoms with E-state index in [-0.39, 0.29) is 11.5 Å². The zero-order chi connectivity index (χ0) is 10.8. The molecule has 1 unspecified atom stereocenters. The third-order valence-electron chi connectivity index (χ3n) is 3.46. The lowest BCUT2D eigenvalue weighted by Crippen LogP contribution is -2.34. The molecule has 14 heavy (non-hydrogen) atoms. The molecule has 1 heteroatoms. The Labute approximate surface area is 88.2 Å². The molecular weight excluding hydrogens is 172 g/mol. The maximum absolute atomic E-state index is 10.2. The first-order valence-electron chi connectivity index (χ1n) is 5.81. The first kappa shape index (κ1) is 11.8. The third-order valence-corrected chi connectivity index (χ3v) is 3.46. The van der Waals surface area contributed by atoms with Gasteiger partial charge in [0.1, 0.15) is 0 Å². The average Bonchev–Trinajstić information content (AvgIpc) is 2.51. The Hall–Kier alpha value is -0.300. The second-order valence-corrected chi connectivity index (χ2v) is 5.42. The summed E-state index contributed by atoms with van der Waals surface area (Å²) >= 11 is 0. The normalized spacial score (nSPS) is 22.6. The molecule has 0 aromatic heterocycles. The van der Waals surface area contributed by atoms with Gasteiger partial charge >= 0.3 is 0 Å². The summed E-state index contributed by atoms with van der Waals surface area (Å²) in [6.07, 6.45) is 5.76. The van der Waals surface area contributed by atoms with Gasteiger partial charge in [0, 0.05) is 5.41 Å². The van der Waals surface area contributed by atoms with Crippen molar-refractivity contribution in [3.05, 3.63) is 12.2 Å². The van der Waals surface area contributed by atoms with Gasteiger partial charge in [0.05, 0.1) is 6.10 Å². The van der Waals surface area contributed by atoms with Crippen LogP contribution in [0.2, 0.25) is 0 Å². The molecule has 1 fully saturated rings. The van der Waals surface area contributed by atoms with Crippen molar-refractivity contribution in [2.75, 3.05) is 0 Å².